The van der Waals surface area contributed by atoms with E-state index in [2.05, 4.69) is 12.2 Å². The van der Waals surface area contributed by atoms with E-state index >= 15 is 0 Å². The molecule has 1 aliphatic rings. The zero-order chi connectivity index (χ0) is 11.2. The van der Waals surface area contributed by atoms with Gasteiger partial charge in [-0.25, -0.2) is 0 Å². The summed E-state index contributed by atoms with van der Waals surface area (Å²) in [4.78, 5) is 0. The number of nitrogens with one attached hydrogen (secondary N) is 1. The molecule has 0 amide bonds. The second-order valence-corrected chi connectivity index (χ2v) is 3.14. The average Bonchev–Trinajstić information content (AvgIpc) is 2.33. The van der Waals surface area contributed by atoms with E-state index in [9.17, 15) is 0 Å². The topological polar surface area (TPSA) is 52.5 Å². The molecule has 16 heavy (non-hydrogen) atoms. The van der Waals surface area contributed by atoms with Gasteiger partial charge in [0.1, 0.15) is 0 Å². The van der Waals surface area contributed by atoms with E-state index in [1.54, 1.807) is 0 Å². The van der Waals surface area contributed by atoms with Crippen molar-refractivity contribution in [1.29, 1.82) is 0 Å². The normalized spacial score (nSPS) is 14.1. The number of aliphatic hydroxyl groups excluding tert-OH is 2. The van der Waals surface area contributed by atoms with Gasteiger partial charge in [0.15, 0.2) is 0 Å². The fraction of sp³-hybridized carbons (Fsp3) is 0.833. The summed E-state index contributed by atoms with van der Waals surface area (Å²) in [7, 11) is 2.00. The van der Waals surface area contributed by atoms with Crippen molar-refractivity contribution in [2.45, 2.75) is 44.6 Å². The van der Waals surface area contributed by atoms with Gasteiger partial charge >= 0.3 is 21.7 Å². The van der Waals surface area contributed by atoms with Crippen molar-refractivity contribution >= 4 is 0 Å². The molecule has 0 heterocycles. The van der Waals surface area contributed by atoms with Gasteiger partial charge in [-0.15, -0.1) is 0 Å². The zero-order valence-corrected chi connectivity index (χ0v) is 12.7. The van der Waals surface area contributed by atoms with Crippen LogP contribution in [0.25, 0.3) is 0 Å². The van der Waals surface area contributed by atoms with Crippen LogP contribution in [0.3, 0.4) is 0 Å². The number of rotatable bonds is 3. The monoisotopic (exact) mass is 267 g/mol. The molecular formula is C12H29NO2Ti. The van der Waals surface area contributed by atoms with Crippen LogP contribution in [0.1, 0.15) is 38.5 Å². The van der Waals surface area contributed by atoms with Gasteiger partial charge in [-0.3, -0.25) is 0 Å². The van der Waals surface area contributed by atoms with Gasteiger partial charge < -0.3 is 29.9 Å². The van der Waals surface area contributed by atoms with Crippen LogP contribution in [0.2, 0.25) is 0 Å². The molecular weight excluding hydrogens is 238 g/mol. The van der Waals surface area contributed by atoms with E-state index in [4.69, 9.17) is 10.2 Å². The Balaban J connectivity index is -0.000000109. The molecule has 0 saturated heterocycles. The molecule has 1 saturated carbocycles. The van der Waals surface area contributed by atoms with Crippen molar-refractivity contribution < 1.29 is 31.9 Å². The average molecular weight is 267 g/mol. The van der Waals surface area contributed by atoms with Crippen LogP contribution in [0.15, 0.2) is 0 Å². The molecule has 0 bridgehead atoms. The molecule has 0 spiro atoms. The van der Waals surface area contributed by atoms with Crippen LogP contribution in [-0.2, 0) is 21.7 Å². The van der Waals surface area contributed by atoms with E-state index in [1.165, 1.54) is 32.1 Å². The summed E-state index contributed by atoms with van der Waals surface area (Å²) in [6.45, 7) is 4.91. The molecule has 3 nitrogen and oxygen atoms in total. The van der Waals surface area contributed by atoms with Crippen LogP contribution in [-0.4, -0.2) is 37.0 Å². The Morgan fingerprint density at radius 3 is 1.88 bits per heavy atom. The third-order valence-corrected chi connectivity index (χ3v) is 2.21. The van der Waals surface area contributed by atoms with Crippen LogP contribution < -0.4 is 5.32 Å². The van der Waals surface area contributed by atoms with Gasteiger partial charge in [-0.2, -0.15) is 6.42 Å². The van der Waals surface area contributed by atoms with E-state index in [0.717, 1.165) is 33.2 Å². The van der Waals surface area contributed by atoms with E-state index in [1.807, 2.05) is 0 Å². The number of hydrogen-bond acceptors (Lipinski definition) is 3. The predicted molar refractivity (Wildman–Crippen MR) is 67.5 cm³/mol. The first-order valence-electron chi connectivity index (χ1n) is 5.35. The van der Waals surface area contributed by atoms with Crippen LogP contribution >= 0.6 is 0 Å². The van der Waals surface area contributed by atoms with Crippen molar-refractivity contribution in [2.75, 3.05) is 20.8 Å². The Morgan fingerprint density at radius 2 is 1.50 bits per heavy atom. The molecule has 0 atom stereocenters. The van der Waals surface area contributed by atoms with Gasteiger partial charge in [-0.1, -0.05) is 19.3 Å². The third kappa shape index (κ3) is 17.0. The third-order valence-electron chi connectivity index (χ3n) is 2.21. The van der Waals surface area contributed by atoms with Crippen molar-refractivity contribution in [3.8, 4) is 0 Å². The Labute approximate surface area is 117 Å². The first-order chi connectivity index (χ1) is 6.93. The molecule has 1 fully saturated rings. The summed E-state index contributed by atoms with van der Waals surface area (Å²) in [6, 6.07) is 0.815. The fourth-order valence-corrected chi connectivity index (χ4v) is 1.61. The molecule has 0 radical (unpaired) electrons. The summed E-state index contributed by atoms with van der Waals surface area (Å²) < 4.78 is 0. The fourth-order valence-electron chi connectivity index (χ4n) is 1.61. The van der Waals surface area contributed by atoms with Gasteiger partial charge in [0.05, 0.1) is 0 Å². The van der Waals surface area contributed by atoms with E-state index < -0.39 is 0 Å². The van der Waals surface area contributed by atoms with Gasteiger partial charge in [0.25, 0.3) is 0 Å². The maximum Gasteiger partial charge on any atom is 2.00 e. The number of aliphatic hydroxyl groups is 2. The molecule has 1 aliphatic carbocycles. The maximum absolute atomic E-state index is 7.00. The standard InChI is InChI=1S/C9H18N.2CH4O.CH3.Ti/c1-2-8-10-9-6-4-3-5-7-9;2*1-2;;/h9-10H,1-8H2;2*2H,1H3;1H3;/q-1;;;-1;+2. The summed E-state index contributed by atoms with van der Waals surface area (Å²) in [5.41, 5.74) is 0. The Kier molecular flexibility index (Phi) is 39.3. The van der Waals surface area contributed by atoms with Crippen molar-refractivity contribution in [1.82, 2.24) is 5.32 Å². The van der Waals surface area contributed by atoms with Crippen molar-refractivity contribution in [2.24, 2.45) is 0 Å². The molecule has 4 heteroatoms. The molecule has 0 aromatic carbocycles. The molecule has 0 aromatic rings. The summed E-state index contributed by atoms with van der Waals surface area (Å²) in [5.74, 6) is 0. The van der Waals surface area contributed by atoms with Gasteiger partial charge in [0, 0.05) is 20.3 Å². The maximum atomic E-state index is 7.00. The zero-order valence-electron chi connectivity index (χ0n) is 11.1. The van der Waals surface area contributed by atoms with Crippen LogP contribution in [0.5, 0.6) is 0 Å². The SMILES string of the molecule is CO.CO.[CH2-]CCNC1CCCCC1.[CH3-].[Ti+2]. The predicted octanol–water partition coefficient (Wildman–Crippen LogP) is 1.80. The smallest absolute Gasteiger partial charge is 0.400 e. The Hall–Kier alpha value is 0.594. The number of hydrogen-bond donors (Lipinski definition) is 3. The van der Waals surface area contributed by atoms with E-state index in [-0.39, 0.29) is 29.1 Å². The largest absolute Gasteiger partial charge is 2.00 e. The quantitative estimate of drug-likeness (QED) is 0.540. The first kappa shape index (κ1) is 25.4. The molecule has 0 unspecified atom stereocenters. The van der Waals surface area contributed by atoms with Crippen molar-refractivity contribution in [3.05, 3.63) is 14.4 Å². The van der Waals surface area contributed by atoms with Crippen LogP contribution in [0, 0.1) is 14.4 Å². The Bertz CT molecular complexity index is 89.1. The molecule has 98 valence electrons. The minimum atomic E-state index is 0. The minimum Gasteiger partial charge on any atom is -0.400 e. The van der Waals surface area contributed by atoms with Crippen molar-refractivity contribution in [3.63, 3.8) is 0 Å². The van der Waals surface area contributed by atoms with Gasteiger partial charge in [-0.05, 0) is 19.4 Å². The van der Waals surface area contributed by atoms with E-state index in [0.29, 0.717) is 0 Å². The summed E-state index contributed by atoms with van der Waals surface area (Å²) in [5, 5.41) is 17.5. The Morgan fingerprint density at radius 1 is 1.06 bits per heavy atom. The second-order valence-electron chi connectivity index (χ2n) is 3.14. The second kappa shape index (κ2) is 24.7. The van der Waals surface area contributed by atoms with Crippen LogP contribution in [0.4, 0.5) is 0 Å². The molecule has 0 aromatic heterocycles. The van der Waals surface area contributed by atoms with Gasteiger partial charge in [0.2, 0.25) is 0 Å². The minimum absolute atomic E-state index is 0. The molecule has 3 N–H and O–H groups in total. The molecule has 0 aliphatic heterocycles. The summed E-state index contributed by atoms with van der Waals surface area (Å²) in [6.07, 6.45) is 8.10. The first-order valence-corrected chi connectivity index (χ1v) is 5.35. The summed E-state index contributed by atoms with van der Waals surface area (Å²) >= 11 is 0. The molecule has 1 rings (SSSR count).